The summed E-state index contributed by atoms with van der Waals surface area (Å²) in [4.78, 5) is 12.5. The number of anilines is 2. The number of rotatable bonds is 7. The maximum absolute atomic E-state index is 12.5. The first-order chi connectivity index (χ1) is 12.2. The van der Waals surface area contributed by atoms with Gasteiger partial charge in [-0.2, -0.15) is 0 Å². The number of para-hydroxylation sites is 2. The zero-order valence-electron chi connectivity index (χ0n) is 15.4. The second-order valence-electron chi connectivity index (χ2n) is 6.09. The van der Waals surface area contributed by atoms with E-state index in [-0.39, 0.29) is 12.0 Å². The predicted octanol–water partition coefficient (Wildman–Crippen LogP) is 3.51. The van der Waals surface area contributed by atoms with Crippen LogP contribution in [0.3, 0.4) is 0 Å². The number of nitrogens with zero attached hydrogens (tertiary/aromatic N) is 1. The van der Waals surface area contributed by atoms with E-state index in [1.807, 2.05) is 26.0 Å². The number of sulfonamides is 1. The fourth-order valence-corrected chi connectivity index (χ4v) is 3.48. The molecule has 1 N–H and O–H groups in total. The molecule has 0 saturated carbocycles. The molecule has 0 saturated heterocycles. The summed E-state index contributed by atoms with van der Waals surface area (Å²) in [5.41, 5.74) is 1.54. The van der Waals surface area contributed by atoms with Crippen LogP contribution in [0.2, 0.25) is 0 Å². The van der Waals surface area contributed by atoms with Crippen molar-refractivity contribution in [3.05, 3.63) is 54.1 Å². The number of nitrogens with one attached hydrogen (secondary N) is 1. The van der Waals surface area contributed by atoms with Gasteiger partial charge in [0.1, 0.15) is 5.75 Å². The third kappa shape index (κ3) is 4.98. The highest BCUT2D eigenvalue weighted by Gasteiger charge is 2.16. The van der Waals surface area contributed by atoms with Crippen molar-refractivity contribution in [1.82, 2.24) is 0 Å². The highest BCUT2D eigenvalue weighted by atomic mass is 32.2. The number of hydrogen-bond donors (Lipinski definition) is 1. The molecule has 26 heavy (non-hydrogen) atoms. The Hall–Kier alpha value is -2.54. The Morgan fingerprint density at radius 3 is 2.27 bits per heavy atom. The Kier molecular flexibility index (Phi) is 6.26. The van der Waals surface area contributed by atoms with Crippen molar-refractivity contribution in [1.29, 1.82) is 0 Å². The molecule has 7 heteroatoms. The van der Waals surface area contributed by atoms with Crippen LogP contribution in [0.5, 0.6) is 5.75 Å². The number of benzene rings is 2. The number of hydrogen-bond acceptors (Lipinski definition) is 4. The first-order valence-electron chi connectivity index (χ1n) is 8.37. The minimum atomic E-state index is -3.35. The zero-order valence-corrected chi connectivity index (χ0v) is 16.2. The van der Waals surface area contributed by atoms with Crippen molar-refractivity contribution in [2.45, 2.75) is 26.9 Å². The van der Waals surface area contributed by atoms with Crippen molar-refractivity contribution in [3.8, 4) is 5.75 Å². The lowest BCUT2D eigenvalue weighted by atomic mass is 10.2. The van der Waals surface area contributed by atoms with Gasteiger partial charge in [-0.25, -0.2) is 8.42 Å². The summed E-state index contributed by atoms with van der Waals surface area (Å²) in [5.74, 6) is 0.306. The van der Waals surface area contributed by atoms with Crippen LogP contribution in [0.1, 0.15) is 31.1 Å². The van der Waals surface area contributed by atoms with Gasteiger partial charge in [-0.3, -0.25) is 9.10 Å². The molecular formula is C19H24N2O4S. The maximum atomic E-state index is 12.5. The van der Waals surface area contributed by atoms with Crippen LogP contribution in [0, 0.1) is 0 Å². The fourth-order valence-electron chi connectivity index (χ4n) is 2.51. The lowest BCUT2D eigenvalue weighted by Gasteiger charge is -2.20. The minimum absolute atomic E-state index is 0.0108. The number of carbonyl (C=O) groups is 1. The smallest absolute Gasteiger partial charge is 0.255 e. The molecule has 1 amide bonds. The second-order valence-corrected chi connectivity index (χ2v) is 8.00. The third-order valence-corrected chi connectivity index (χ3v) is 4.87. The molecule has 0 atom stereocenters. The first-order valence-corrected chi connectivity index (χ1v) is 10.2. The van der Waals surface area contributed by atoms with E-state index < -0.39 is 10.0 Å². The molecule has 0 fully saturated rings. The van der Waals surface area contributed by atoms with E-state index >= 15 is 0 Å². The molecule has 2 rings (SSSR count). The second kappa shape index (κ2) is 8.23. The lowest BCUT2D eigenvalue weighted by Crippen LogP contribution is -2.29. The highest BCUT2D eigenvalue weighted by Crippen LogP contribution is 2.26. The maximum Gasteiger partial charge on any atom is 0.255 e. The molecule has 0 aliphatic rings. The van der Waals surface area contributed by atoms with Crippen molar-refractivity contribution in [3.63, 3.8) is 0 Å². The summed E-state index contributed by atoms with van der Waals surface area (Å²) in [6.45, 7) is 5.91. The van der Waals surface area contributed by atoms with Crippen LogP contribution in [0.15, 0.2) is 48.5 Å². The Labute approximate surface area is 154 Å². The summed E-state index contributed by atoms with van der Waals surface area (Å²) in [6.07, 6.45) is 1.14. The predicted molar refractivity (Wildman–Crippen MR) is 104 cm³/mol. The van der Waals surface area contributed by atoms with Gasteiger partial charge in [-0.15, -0.1) is 0 Å². The summed E-state index contributed by atoms with van der Waals surface area (Å²) in [7, 11) is -3.35. The van der Waals surface area contributed by atoms with Gasteiger partial charge in [-0.05, 0) is 57.2 Å². The van der Waals surface area contributed by atoms with Crippen molar-refractivity contribution in [2.24, 2.45) is 0 Å². The first kappa shape index (κ1) is 19.8. The van der Waals surface area contributed by atoms with Gasteiger partial charge >= 0.3 is 0 Å². The summed E-state index contributed by atoms with van der Waals surface area (Å²) < 4.78 is 30.5. The third-order valence-electron chi connectivity index (χ3n) is 3.60. The Morgan fingerprint density at radius 1 is 1.12 bits per heavy atom. The van der Waals surface area contributed by atoms with E-state index in [1.54, 1.807) is 43.3 Å². The van der Waals surface area contributed by atoms with Gasteiger partial charge < -0.3 is 10.1 Å². The van der Waals surface area contributed by atoms with Crippen LogP contribution in [-0.4, -0.2) is 33.2 Å². The molecule has 0 bridgehead atoms. The van der Waals surface area contributed by atoms with Gasteiger partial charge in [0.25, 0.3) is 5.91 Å². The van der Waals surface area contributed by atoms with Crippen LogP contribution >= 0.6 is 0 Å². The molecule has 6 nitrogen and oxygen atoms in total. The van der Waals surface area contributed by atoms with E-state index in [9.17, 15) is 13.2 Å². The Morgan fingerprint density at radius 2 is 1.73 bits per heavy atom. The van der Waals surface area contributed by atoms with Gasteiger partial charge in [0.05, 0.1) is 23.7 Å². The van der Waals surface area contributed by atoms with E-state index in [0.717, 1.165) is 6.26 Å². The lowest BCUT2D eigenvalue weighted by molar-refractivity contribution is 0.102. The van der Waals surface area contributed by atoms with Crippen molar-refractivity contribution in [2.75, 3.05) is 22.4 Å². The van der Waals surface area contributed by atoms with E-state index in [1.165, 1.54) is 4.31 Å². The monoisotopic (exact) mass is 376 g/mol. The van der Waals surface area contributed by atoms with E-state index in [2.05, 4.69) is 5.32 Å². The molecule has 0 aliphatic heterocycles. The van der Waals surface area contributed by atoms with Gasteiger partial charge in [0, 0.05) is 12.1 Å². The molecule has 2 aromatic carbocycles. The van der Waals surface area contributed by atoms with Gasteiger partial charge in [0.15, 0.2) is 0 Å². The molecule has 0 spiro atoms. The normalized spacial score (nSPS) is 11.3. The van der Waals surface area contributed by atoms with E-state index in [0.29, 0.717) is 29.2 Å². The Balaban J connectivity index is 2.19. The molecule has 0 radical (unpaired) electrons. The van der Waals surface area contributed by atoms with Crippen LogP contribution < -0.4 is 14.4 Å². The molecule has 0 aliphatic carbocycles. The quantitative estimate of drug-likeness (QED) is 0.802. The van der Waals surface area contributed by atoms with E-state index in [4.69, 9.17) is 4.74 Å². The zero-order chi connectivity index (χ0) is 19.3. The number of carbonyl (C=O) groups excluding carboxylic acids is 1. The molecule has 140 valence electrons. The average molecular weight is 376 g/mol. The average Bonchev–Trinajstić information content (AvgIpc) is 2.56. The SMILES string of the molecule is CCN(c1ccc(C(=O)Nc2ccccc2OC(C)C)cc1)S(C)(=O)=O. The van der Waals surface area contributed by atoms with Crippen LogP contribution in [0.25, 0.3) is 0 Å². The Bertz CT molecular complexity index is 861. The molecule has 0 heterocycles. The summed E-state index contributed by atoms with van der Waals surface area (Å²) in [6, 6.07) is 13.7. The molecule has 2 aromatic rings. The van der Waals surface area contributed by atoms with Gasteiger partial charge in [-0.1, -0.05) is 12.1 Å². The highest BCUT2D eigenvalue weighted by molar-refractivity contribution is 7.92. The molecule has 0 unspecified atom stereocenters. The van der Waals surface area contributed by atoms with Crippen molar-refractivity contribution >= 4 is 27.3 Å². The van der Waals surface area contributed by atoms with Crippen LogP contribution in [0.4, 0.5) is 11.4 Å². The topological polar surface area (TPSA) is 75.7 Å². The summed E-state index contributed by atoms with van der Waals surface area (Å²) >= 11 is 0. The summed E-state index contributed by atoms with van der Waals surface area (Å²) in [5, 5.41) is 2.83. The molecular weight excluding hydrogens is 352 g/mol. The number of ether oxygens (including phenoxy) is 1. The fraction of sp³-hybridized carbons (Fsp3) is 0.316. The van der Waals surface area contributed by atoms with Crippen LogP contribution in [-0.2, 0) is 10.0 Å². The standard InChI is InChI=1S/C19H24N2O4S/c1-5-21(26(4,23)24)16-12-10-15(11-13-16)19(22)20-17-8-6-7-9-18(17)25-14(2)3/h6-14H,5H2,1-4H3,(H,20,22). The minimum Gasteiger partial charge on any atom is -0.489 e. The van der Waals surface area contributed by atoms with Crippen molar-refractivity contribution < 1.29 is 17.9 Å². The molecule has 0 aromatic heterocycles. The largest absolute Gasteiger partial charge is 0.489 e. The number of amides is 1. The van der Waals surface area contributed by atoms with Gasteiger partial charge in [0.2, 0.25) is 10.0 Å².